The second kappa shape index (κ2) is 4.32. The second-order valence-electron chi connectivity index (χ2n) is 5.84. The summed E-state index contributed by atoms with van der Waals surface area (Å²) in [5, 5.41) is 2.72. The summed E-state index contributed by atoms with van der Waals surface area (Å²) in [6.45, 7) is 0. The second-order valence-corrected chi connectivity index (χ2v) is 5.84. The van der Waals surface area contributed by atoms with E-state index >= 15 is 0 Å². The van der Waals surface area contributed by atoms with Crippen LogP contribution in [0.15, 0.2) is 84.9 Å². The van der Waals surface area contributed by atoms with Crippen LogP contribution in [0.4, 0.5) is 0 Å². The zero-order valence-corrected chi connectivity index (χ0v) is 12.1. The van der Waals surface area contributed by atoms with Crippen molar-refractivity contribution >= 4 is 10.8 Å². The summed E-state index contributed by atoms with van der Waals surface area (Å²) in [5.74, 6) is 0. The van der Waals surface area contributed by atoms with E-state index in [2.05, 4.69) is 84.9 Å². The van der Waals surface area contributed by atoms with Gasteiger partial charge in [0.2, 0.25) is 0 Å². The summed E-state index contributed by atoms with van der Waals surface area (Å²) in [5.41, 5.74) is 7.99. The van der Waals surface area contributed by atoms with Crippen molar-refractivity contribution in [3.05, 3.63) is 84.9 Å². The minimum Gasteiger partial charge on any atom is -0.0622 e. The summed E-state index contributed by atoms with van der Waals surface area (Å²) in [6.07, 6.45) is 0. The van der Waals surface area contributed by atoms with Crippen molar-refractivity contribution in [2.45, 2.75) is 0 Å². The number of hydrogen-bond donors (Lipinski definition) is 0. The maximum absolute atomic E-state index is 2.33. The Labute approximate surface area is 129 Å². The zero-order valence-electron chi connectivity index (χ0n) is 12.1. The Morgan fingerprint density at radius 3 is 1.91 bits per heavy atom. The molecule has 4 aromatic rings. The van der Waals surface area contributed by atoms with Crippen molar-refractivity contribution in [1.82, 2.24) is 0 Å². The highest BCUT2D eigenvalue weighted by Crippen LogP contribution is 2.47. The van der Waals surface area contributed by atoms with Gasteiger partial charge in [-0.3, -0.25) is 0 Å². The molecular formula is C22H14. The van der Waals surface area contributed by atoms with E-state index < -0.39 is 0 Å². The first-order chi connectivity index (χ1) is 10.9. The maximum atomic E-state index is 2.33. The lowest BCUT2D eigenvalue weighted by Crippen LogP contribution is -1.81. The average Bonchev–Trinajstić information content (AvgIpc) is 2.92. The van der Waals surface area contributed by atoms with Gasteiger partial charge >= 0.3 is 0 Å². The minimum absolute atomic E-state index is 1.27. The molecule has 0 aliphatic heterocycles. The third kappa shape index (κ3) is 1.52. The smallest absolute Gasteiger partial charge is 0.00264 e. The first-order valence-electron chi connectivity index (χ1n) is 7.64. The van der Waals surface area contributed by atoms with Gasteiger partial charge in [-0.25, -0.2) is 0 Å². The SMILES string of the molecule is c1ccc(-c2ccc3c(c2)-c2cccc4cccc-3c24)cc1. The van der Waals surface area contributed by atoms with E-state index in [1.807, 2.05) is 0 Å². The highest BCUT2D eigenvalue weighted by molar-refractivity contribution is 6.15. The summed E-state index contributed by atoms with van der Waals surface area (Å²) in [4.78, 5) is 0. The fourth-order valence-electron chi connectivity index (χ4n) is 3.60. The van der Waals surface area contributed by atoms with Crippen LogP contribution in [0, 0.1) is 0 Å². The largest absolute Gasteiger partial charge is 0.0622 e. The number of benzene rings is 4. The molecule has 102 valence electrons. The molecule has 4 aromatic carbocycles. The molecule has 0 radical (unpaired) electrons. The van der Waals surface area contributed by atoms with Crippen LogP contribution in [-0.2, 0) is 0 Å². The van der Waals surface area contributed by atoms with E-state index in [-0.39, 0.29) is 0 Å². The lowest BCUT2D eigenvalue weighted by molar-refractivity contribution is 1.62. The molecule has 0 unspecified atom stereocenters. The molecule has 0 saturated carbocycles. The molecule has 0 bridgehead atoms. The van der Waals surface area contributed by atoms with E-state index in [0.717, 1.165) is 0 Å². The highest BCUT2D eigenvalue weighted by Gasteiger charge is 2.20. The number of hydrogen-bond acceptors (Lipinski definition) is 0. The predicted molar refractivity (Wildman–Crippen MR) is 93.8 cm³/mol. The van der Waals surface area contributed by atoms with Crippen molar-refractivity contribution in [1.29, 1.82) is 0 Å². The molecule has 0 N–H and O–H groups in total. The molecule has 0 nitrogen and oxygen atoms in total. The molecule has 0 aromatic heterocycles. The third-order valence-corrected chi connectivity index (χ3v) is 4.61. The minimum atomic E-state index is 1.27. The van der Waals surface area contributed by atoms with Gasteiger partial charge in [0.1, 0.15) is 0 Å². The molecule has 0 heterocycles. The van der Waals surface area contributed by atoms with Gasteiger partial charge in [-0.1, -0.05) is 78.9 Å². The van der Waals surface area contributed by atoms with E-state index in [1.54, 1.807) is 0 Å². The molecule has 1 aliphatic rings. The molecule has 0 amide bonds. The van der Waals surface area contributed by atoms with Crippen LogP contribution >= 0.6 is 0 Å². The fourth-order valence-corrected chi connectivity index (χ4v) is 3.60. The molecule has 5 rings (SSSR count). The Morgan fingerprint density at radius 2 is 1.14 bits per heavy atom. The summed E-state index contributed by atoms with van der Waals surface area (Å²) in [6, 6.07) is 30.6. The average molecular weight is 278 g/mol. The molecule has 22 heavy (non-hydrogen) atoms. The summed E-state index contributed by atoms with van der Waals surface area (Å²) in [7, 11) is 0. The number of rotatable bonds is 1. The van der Waals surface area contributed by atoms with Crippen LogP contribution in [0.1, 0.15) is 0 Å². The van der Waals surface area contributed by atoms with Gasteiger partial charge < -0.3 is 0 Å². The molecule has 0 saturated heterocycles. The van der Waals surface area contributed by atoms with Crippen LogP contribution in [0.25, 0.3) is 44.2 Å². The quantitative estimate of drug-likeness (QED) is 0.345. The lowest BCUT2D eigenvalue weighted by atomic mass is 9.97. The van der Waals surface area contributed by atoms with Crippen LogP contribution in [0.3, 0.4) is 0 Å². The van der Waals surface area contributed by atoms with E-state index in [1.165, 1.54) is 44.2 Å². The molecule has 0 heteroatoms. The fraction of sp³-hybridized carbons (Fsp3) is 0. The van der Waals surface area contributed by atoms with Crippen molar-refractivity contribution in [3.63, 3.8) is 0 Å². The van der Waals surface area contributed by atoms with Crippen LogP contribution < -0.4 is 0 Å². The molecule has 0 atom stereocenters. The van der Waals surface area contributed by atoms with Crippen molar-refractivity contribution in [2.24, 2.45) is 0 Å². The Kier molecular flexibility index (Phi) is 2.31. The van der Waals surface area contributed by atoms with Crippen molar-refractivity contribution in [3.8, 4) is 33.4 Å². The summed E-state index contributed by atoms with van der Waals surface area (Å²) < 4.78 is 0. The Morgan fingerprint density at radius 1 is 0.409 bits per heavy atom. The zero-order chi connectivity index (χ0) is 14.5. The van der Waals surface area contributed by atoms with Gasteiger partial charge in [-0.15, -0.1) is 0 Å². The molecule has 0 fully saturated rings. The highest BCUT2D eigenvalue weighted by atomic mass is 14.2. The van der Waals surface area contributed by atoms with Gasteiger partial charge in [0.05, 0.1) is 0 Å². The van der Waals surface area contributed by atoms with Crippen molar-refractivity contribution in [2.75, 3.05) is 0 Å². The van der Waals surface area contributed by atoms with E-state index in [4.69, 9.17) is 0 Å². The van der Waals surface area contributed by atoms with Crippen molar-refractivity contribution < 1.29 is 0 Å². The van der Waals surface area contributed by atoms with Gasteiger partial charge in [0, 0.05) is 0 Å². The Hall–Kier alpha value is -2.86. The Balaban J connectivity index is 1.82. The normalized spacial score (nSPS) is 11.6. The maximum Gasteiger partial charge on any atom is -0.00264 e. The van der Waals surface area contributed by atoms with Gasteiger partial charge in [-0.05, 0) is 50.2 Å². The standard InChI is InChI=1S/C22H14/c1-2-6-15(7-3-1)17-12-13-18-19-10-4-8-16-9-5-11-20(22(16)19)21(18)14-17/h1-14H. The van der Waals surface area contributed by atoms with Crippen LogP contribution in [0.5, 0.6) is 0 Å². The Bertz CT molecular complexity index is 1010. The van der Waals surface area contributed by atoms with E-state index in [0.29, 0.717) is 0 Å². The van der Waals surface area contributed by atoms with Crippen LogP contribution in [0.2, 0.25) is 0 Å². The number of fused-ring (bicyclic) bond motifs is 3. The predicted octanol–water partition coefficient (Wildman–Crippen LogP) is 6.15. The topological polar surface area (TPSA) is 0 Å². The van der Waals surface area contributed by atoms with Gasteiger partial charge in [0.15, 0.2) is 0 Å². The lowest BCUT2D eigenvalue weighted by Gasteiger charge is -2.06. The van der Waals surface area contributed by atoms with Gasteiger partial charge in [0.25, 0.3) is 0 Å². The van der Waals surface area contributed by atoms with Gasteiger partial charge in [-0.2, -0.15) is 0 Å². The third-order valence-electron chi connectivity index (χ3n) is 4.61. The first-order valence-corrected chi connectivity index (χ1v) is 7.64. The van der Waals surface area contributed by atoms with Crippen LogP contribution in [-0.4, -0.2) is 0 Å². The first kappa shape index (κ1) is 11.8. The van der Waals surface area contributed by atoms with E-state index in [9.17, 15) is 0 Å². The summed E-state index contributed by atoms with van der Waals surface area (Å²) >= 11 is 0. The molecule has 1 aliphatic carbocycles. The molecular weight excluding hydrogens is 264 g/mol. The monoisotopic (exact) mass is 278 g/mol. The molecule has 0 spiro atoms.